The third-order valence-electron chi connectivity index (χ3n) is 3.59. The van der Waals surface area contributed by atoms with Gasteiger partial charge in [-0.05, 0) is 48.9 Å². The van der Waals surface area contributed by atoms with Crippen LogP contribution in [0, 0.1) is 0 Å². The SMILES string of the molecule is O=C(Nc1cccc(Sc2ccc(Cl)cc2)c1)N1CC[C@H](O)C1. The summed E-state index contributed by atoms with van der Waals surface area (Å²) in [6.07, 6.45) is 0.229. The minimum Gasteiger partial charge on any atom is -0.391 e. The number of aliphatic hydroxyl groups is 1. The number of urea groups is 1. The zero-order valence-electron chi connectivity index (χ0n) is 12.4. The van der Waals surface area contributed by atoms with Crippen LogP contribution in [0.1, 0.15) is 6.42 Å². The molecule has 2 amide bonds. The maximum atomic E-state index is 12.1. The van der Waals surface area contributed by atoms with Crippen LogP contribution in [0.3, 0.4) is 0 Å². The van der Waals surface area contributed by atoms with Crippen LogP contribution in [-0.4, -0.2) is 35.2 Å². The molecule has 0 unspecified atom stereocenters. The van der Waals surface area contributed by atoms with Gasteiger partial charge in [0.2, 0.25) is 0 Å². The van der Waals surface area contributed by atoms with E-state index < -0.39 is 6.10 Å². The average molecular weight is 349 g/mol. The topological polar surface area (TPSA) is 52.6 Å². The molecule has 1 saturated heterocycles. The molecule has 0 aliphatic carbocycles. The standard InChI is InChI=1S/C17H17ClN2O2S/c18-12-4-6-15(7-5-12)23-16-3-1-2-13(10-16)19-17(22)20-9-8-14(21)11-20/h1-7,10,14,21H,8-9,11H2,(H,19,22)/t14-/m0/s1. The van der Waals surface area contributed by atoms with Crippen molar-refractivity contribution in [2.24, 2.45) is 0 Å². The number of likely N-dealkylation sites (tertiary alicyclic amines) is 1. The first-order chi connectivity index (χ1) is 11.1. The van der Waals surface area contributed by atoms with Crippen molar-refractivity contribution in [3.63, 3.8) is 0 Å². The number of halogens is 1. The molecule has 4 nitrogen and oxygen atoms in total. The van der Waals surface area contributed by atoms with Crippen molar-refractivity contribution in [2.75, 3.05) is 18.4 Å². The van der Waals surface area contributed by atoms with E-state index in [0.717, 1.165) is 15.5 Å². The number of amides is 2. The Morgan fingerprint density at radius 3 is 2.70 bits per heavy atom. The maximum absolute atomic E-state index is 12.1. The van der Waals surface area contributed by atoms with Gasteiger partial charge in [-0.2, -0.15) is 0 Å². The molecule has 2 N–H and O–H groups in total. The van der Waals surface area contributed by atoms with Gasteiger partial charge in [-0.25, -0.2) is 4.79 Å². The molecule has 1 atom stereocenters. The summed E-state index contributed by atoms with van der Waals surface area (Å²) in [6.45, 7) is 0.983. The van der Waals surface area contributed by atoms with Gasteiger partial charge in [0.25, 0.3) is 0 Å². The summed E-state index contributed by atoms with van der Waals surface area (Å²) in [6, 6.07) is 15.2. The number of anilines is 1. The summed E-state index contributed by atoms with van der Waals surface area (Å²) in [5.74, 6) is 0. The van der Waals surface area contributed by atoms with Gasteiger partial charge in [0.15, 0.2) is 0 Å². The zero-order valence-corrected chi connectivity index (χ0v) is 14.0. The predicted octanol–water partition coefficient (Wildman–Crippen LogP) is 4.09. The fraction of sp³-hybridized carbons (Fsp3) is 0.235. The highest BCUT2D eigenvalue weighted by Gasteiger charge is 2.24. The van der Waals surface area contributed by atoms with Crippen LogP contribution in [0.25, 0.3) is 0 Å². The number of rotatable bonds is 3. The Balaban J connectivity index is 1.65. The molecule has 0 aromatic heterocycles. The van der Waals surface area contributed by atoms with Crippen LogP contribution in [0.2, 0.25) is 5.02 Å². The molecule has 3 rings (SSSR count). The van der Waals surface area contributed by atoms with E-state index in [1.54, 1.807) is 16.7 Å². The molecule has 0 radical (unpaired) electrons. The van der Waals surface area contributed by atoms with Gasteiger partial charge in [0, 0.05) is 33.6 Å². The third-order valence-corrected chi connectivity index (χ3v) is 4.83. The number of benzene rings is 2. The van der Waals surface area contributed by atoms with Crippen LogP contribution < -0.4 is 5.32 Å². The van der Waals surface area contributed by atoms with Crippen molar-refractivity contribution < 1.29 is 9.90 Å². The number of hydrogen-bond donors (Lipinski definition) is 2. The first-order valence-electron chi connectivity index (χ1n) is 7.37. The third kappa shape index (κ3) is 4.41. The van der Waals surface area contributed by atoms with E-state index in [2.05, 4.69) is 5.32 Å². The Labute approximate surface area is 144 Å². The van der Waals surface area contributed by atoms with Crippen molar-refractivity contribution in [1.82, 2.24) is 4.90 Å². The molecule has 120 valence electrons. The molecule has 1 heterocycles. The second-order valence-corrected chi connectivity index (χ2v) is 6.99. The number of nitrogens with zero attached hydrogens (tertiary/aromatic N) is 1. The lowest BCUT2D eigenvalue weighted by Gasteiger charge is -2.16. The molecule has 2 aromatic rings. The van der Waals surface area contributed by atoms with Crippen molar-refractivity contribution in [1.29, 1.82) is 0 Å². The summed E-state index contributed by atoms with van der Waals surface area (Å²) in [7, 11) is 0. The summed E-state index contributed by atoms with van der Waals surface area (Å²) in [5.41, 5.74) is 0.746. The Morgan fingerprint density at radius 2 is 2.00 bits per heavy atom. The van der Waals surface area contributed by atoms with Gasteiger partial charge in [-0.15, -0.1) is 0 Å². The van der Waals surface area contributed by atoms with Crippen LogP contribution in [0.15, 0.2) is 58.3 Å². The first kappa shape index (κ1) is 16.2. The number of hydrogen-bond acceptors (Lipinski definition) is 3. The molecule has 0 bridgehead atoms. The molecule has 1 aliphatic heterocycles. The molecule has 2 aromatic carbocycles. The first-order valence-corrected chi connectivity index (χ1v) is 8.57. The maximum Gasteiger partial charge on any atom is 0.321 e. The number of carbonyl (C=O) groups is 1. The molecular weight excluding hydrogens is 332 g/mol. The normalized spacial score (nSPS) is 17.3. The molecule has 6 heteroatoms. The smallest absolute Gasteiger partial charge is 0.321 e. The van der Waals surface area contributed by atoms with Crippen molar-refractivity contribution in [3.8, 4) is 0 Å². The molecule has 1 fully saturated rings. The summed E-state index contributed by atoms with van der Waals surface area (Å²) >= 11 is 7.50. The fourth-order valence-electron chi connectivity index (χ4n) is 2.40. The van der Waals surface area contributed by atoms with Crippen molar-refractivity contribution >= 4 is 35.1 Å². The highest BCUT2D eigenvalue weighted by Crippen LogP contribution is 2.30. The Kier molecular flexibility index (Phi) is 5.10. The fourth-order valence-corrected chi connectivity index (χ4v) is 3.41. The van der Waals surface area contributed by atoms with Crippen LogP contribution in [0.5, 0.6) is 0 Å². The zero-order chi connectivity index (χ0) is 16.2. The van der Waals surface area contributed by atoms with E-state index >= 15 is 0 Å². The van der Waals surface area contributed by atoms with Gasteiger partial charge >= 0.3 is 6.03 Å². The minimum atomic E-state index is -0.410. The number of β-amino-alcohol motifs (C(OH)–C–C–N with tert-alkyl or cyclic N) is 1. The Hall–Kier alpha value is -1.69. The van der Waals surface area contributed by atoms with Crippen molar-refractivity contribution in [2.45, 2.75) is 22.3 Å². The van der Waals surface area contributed by atoms with E-state index in [1.165, 1.54) is 0 Å². The van der Waals surface area contributed by atoms with Crippen molar-refractivity contribution in [3.05, 3.63) is 53.6 Å². The molecule has 23 heavy (non-hydrogen) atoms. The van der Waals surface area contributed by atoms with Gasteiger partial charge < -0.3 is 15.3 Å². The number of nitrogens with one attached hydrogen (secondary N) is 1. The molecule has 0 saturated carbocycles. The Bertz CT molecular complexity index is 693. The summed E-state index contributed by atoms with van der Waals surface area (Å²) in [4.78, 5) is 15.9. The quantitative estimate of drug-likeness (QED) is 0.878. The van der Waals surface area contributed by atoms with E-state index in [4.69, 9.17) is 11.6 Å². The van der Waals surface area contributed by atoms with Crippen LogP contribution >= 0.6 is 23.4 Å². The summed E-state index contributed by atoms with van der Waals surface area (Å²) in [5, 5.41) is 13.1. The summed E-state index contributed by atoms with van der Waals surface area (Å²) < 4.78 is 0. The predicted molar refractivity (Wildman–Crippen MR) is 93.2 cm³/mol. The Morgan fingerprint density at radius 1 is 1.22 bits per heavy atom. The number of carbonyl (C=O) groups excluding carboxylic acids is 1. The number of aliphatic hydroxyl groups excluding tert-OH is 1. The van der Waals surface area contributed by atoms with Gasteiger partial charge in [-0.3, -0.25) is 0 Å². The monoisotopic (exact) mass is 348 g/mol. The van der Waals surface area contributed by atoms with E-state index in [-0.39, 0.29) is 6.03 Å². The highest BCUT2D eigenvalue weighted by atomic mass is 35.5. The molecule has 0 spiro atoms. The molecule has 1 aliphatic rings. The van der Waals surface area contributed by atoms with Crippen LogP contribution in [0.4, 0.5) is 10.5 Å². The lowest BCUT2D eigenvalue weighted by molar-refractivity contribution is 0.176. The lowest BCUT2D eigenvalue weighted by atomic mass is 10.3. The highest BCUT2D eigenvalue weighted by molar-refractivity contribution is 7.99. The molecular formula is C17H17ClN2O2S. The van der Waals surface area contributed by atoms with Gasteiger partial charge in [-0.1, -0.05) is 29.4 Å². The lowest BCUT2D eigenvalue weighted by Crippen LogP contribution is -2.33. The second-order valence-electron chi connectivity index (χ2n) is 5.40. The van der Waals surface area contributed by atoms with Gasteiger partial charge in [0.05, 0.1) is 6.10 Å². The van der Waals surface area contributed by atoms with Crippen LogP contribution in [-0.2, 0) is 0 Å². The average Bonchev–Trinajstić information content (AvgIpc) is 2.97. The van der Waals surface area contributed by atoms with Gasteiger partial charge in [0.1, 0.15) is 0 Å². The largest absolute Gasteiger partial charge is 0.391 e. The van der Waals surface area contributed by atoms with E-state index in [9.17, 15) is 9.90 Å². The van der Waals surface area contributed by atoms with E-state index in [0.29, 0.717) is 24.5 Å². The second kappa shape index (κ2) is 7.25. The minimum absolute atomic E-state index is 0.171. The van der Waals surface area contributed by atoms with E-state index in [1.807, 2.05) is 48.5 Å².